The maximum atomic E-state index is 12.4. The van der Waals surface area contributed by atoms with Crippen LogP contribution in [0.15, 0.2) is 30.9 Å². The minimum Gasteiger partial charge on any atom is -0.358 e. The highest BCUT2D eigenvalue weighted by Gasteiger charge is 2.36. The Morgan fingerprint density at radius 2 is 2.17 bits per heavy atom. The Kier molecular flexibility index (Phi) is 4.61. The number of hydrogen-bond donors (Lipinski definition) is 2. The van der Waals surface area contributed by atoms with Crippen LogP contribution in [0.5, 0.6) is 0 Å². The Hall–Kier alpha value is -2.68. The van der Waals surface area contributed by atoms with Gasteiger partial charge in [-0.2, -0.15) is 0 Å². The Labute approximate surface area is 139 Å². The van der Waals surface area contributed by atoms with Gasteiger partial charge in [0.05, 0.1) is 30.4 Å². The van der Waals surface area contributed by atoms with E-state index < -0.39 is 0 Å². The van der Waals surface area contributed by atoms with Gasteiger partial charge in [0.1, 0.15) is 0 Å². The summed E-state index contributed by atoms with van der Waals surface area (Å²) in [5, 5.41) is 13.6. The second-order valence-electron chi connectivity index (χ2n) is 5.96. The van der Waals surface area contributed by atoms with Gasteiger partial charge < -0.3 is 15.2 Å². The van der Waals surface area contributed by atoms with Crippen molar-refractivity contribution in [2.45, 2.75) is 12.1 Å². The van der Waals surface area contributed by atoms with Gasteiger partial charge in [-0.05, 0) is 6.07 Å². The summed E-state index contributed by atoms with van der Waals surface area (Å²) >= 11 is 0. The molecule has 1 aliphatic heterocycles. The maximum Gasteiger partial charge on any atom is 0.253 e. The summed E-state index contributed by atoms with van der Waals surface area (Å²) in [6, 6.07) is 1.56. The Bertz CT molecular complexity index is 709. The smallest absolute Gasteiger partial charge is 0.253 e. The SMILES string of the molecule is CNC(=O)CN1C[C@@H](NC(=O)c2ccn(C)c2)[C@@H](n2ccnn2)C1. The molecule has 2 aromatic heterocycles. The number of likely N-dealkylation sites (N-methyl/N-ethyl adjacent to an activating group) is 1. The number of aromatic nitrogens is 4. The minimum absolute atomic E-state index is 0.0534. The van der Waals surface area contributed by atoms with Crippen molar-refractivity contribution < 1.29 is 9.59 Å². The van der Waals surface area contributed by atoms with Gasteiger partial charge in [-0.3, -0.25) is 14.5 Å². The molecular formula is C15H21N7O2. The fourth-order valence-electron chi connectivity index (χ4n) is 2.97. The number of amides is 2. The maximum absolute atomic E-state index is 12.4. The number of likely N-dealkylation sites (tertiary alicyclic amines) is 1. The molecule has 9 heteroatoms. The molecule has 24 heavy (non-hydrogen) atoms. The Balaban J connectivity index is 1.72. The lowest BCUT2D eigenvalue weighted by atomic mass is 10.1. The monoisotopic (exact) mass is 331 g/mol. The average molecular weight is 331 g/mol. The number of carbonyl (C=O) groups is 2. The van der Waals surface area contributed by atoms with E-state index in [9.17, 15) is 9.59 Å². The summed E-state index contributed by atoms with van der Waals surface area (Å²) in [6.07, 6.45) is 6.99. The van der Waals surface area contributed by atoms with Gasteiger partial charge in [0.25, 0.3) is 5.91 Å². The van der Waals surface area contributed by atoms with Gasteiger partial charge >= 0.3 is 0 Å². The first-order chi connectivity index (χ1) is 11.6. The molecule has 0 bridgehead atoms. The summed E-state index contributed by atoms with van der Waals surface area (Å²) in [4.78, 5) is 26.1. The van der Waals surface area contributed by atoms with Crippen molar-refractivity contribution in [3.8, 4) is 0 Å². The Morgan fingerprint density at radius 1 is 1.33 bits per heavy atom. The first-order valence-corrected chi connectivity index (χ1v) is 7.78. The van der Waals surface area contributed by atoms with Crippen LogP contribution in [0, 0.1) is 0 Å². The summed E-state index contributed by atoms with van der Waals surface area (Å²) in [5.74, 6) is -0.185. The van der Waals surface area contributed by atoms with Gasteiger partial charge in [-0.15, -0.1) is 5.10 Å². The van der Waals surface area contributed by atoms with Crippen LogP contribution in [-0.4, -0.2) is 69.0 Å². The molecule has 2 aromatic rings. The van der Waals surface area contributed by atoms with Crippen LogP contribution in [0.2, 0.25) is 0 Å². The number of aryl methyl sites for hydroxylation is 1. The van der Waals surface area contributed by atoms with E-state index >= 15 is 0 Å². The summed E-state index contributed by atoms with van der Waals surface area (Å²) < 4.78 is 3.57. The van der Waals surface area contributed by atoms with Crippen LogP contribution in [0.3, 0.4) is 0 Å². The van der Waals surface area contributed by atoms with Crippen LogP contribution in [0.25, 0.3) is 0 Å². The first-order valence-electron chi connectivity index (χ1n) is 7.78. The molecule has 0 unspecified atom stereocenters. The van der Waals surface area contributed by atoms with Crippen molar-refractivity contribution in [3.63, 3.8) is 0 Å². The molecule has 2 N–H and O–H groups in total. The van der Waals surface area contributed by atoms with Crippen molar-refractivity contribution in [1.29, 1.82) is 0 Å². The van der Waals surface area contributed by atoms with Crippen molar-refractivity contribution >= 4 is 11.8 Å². The van der Waals surface area contributed by atoms with Gasteiger partial charge in [0.15, 0.2) is 0 Å². The van der Waals surface area contributed by atoms with E-state index in [1.54, 1.807) is 36.4 Å². The minimum atomic E-state index is -0.149. The van der Waals surface area contributed by atoms with Crippen LogP contribution < -0.4 is 10.6 Å². The van der Waals surface area contributed by atoms with Gasteiger partial charge in [-0.25, -0.2) is 4.68 Å². The molecule has 2 amide bonds. The highest BCUT2D eigenvalue weighted by molar-refractivity contribution is 5.94. The quantitative estimate of drug-likeness (QED) is 0.734. The van der Waals surface area contributed by atoms with E-state index in [4.69, 9.17) is 0 Å². The third kappa shape index (κ3) is 3.46. The molecule has 0 aromatic carbocycles. The molecule has 1 aliphatic rings. The number of hydrogen-bond acceptors (Lipinski definition) is 5. The molecule has 2 atom stereocenters. The summed E-state index contributed by atoms with van der Waals surface area (Å²) in [5.41, 5.74) is 0.611. The zero-order valence-corrected chi connectivity index (χ0v) is 13.7. The molecule has 0 saturated carbocycles. The third-order valence-corrected chi connectivity index (χ3v) is 4.20. The van der Waals surface area contributed by atoms with Crippen LogP contribution in [0.1, 0.15) is 16.4 Å². The lowest BCUT2D eigenvalue weighted by molar-refractivity contribution is -0.121. The van der Waals surface area contributed by atoms with Crippen molar-refractivity contribution in [2.75, 3.05) is 26.7 Å². The third-order valence-electron chi connectivity index (χ3n) is 4.20. The van der Waals surface area contributed by atoms with E-state index in [1.807, 2.05) is 22.7 Å². The molecule has 128 valence electrons. The topological polar surface area (TPSA) is 97.1 Å². The van der Waals surface area contributed by atoms with Crippen molar-refractivity contribution in [1.82, 2.24) is 35.1 Å². The van der Waals surface area contributed by atoms with Gasteiger partial charge in [0, 0.05) is 45.8 Å². The predicted octanol–water partition coefficient (Wildman–Crippen LogP) is -0.982. The molecular weight excluding hydrogens is 310 g/mol. The van der Waals surface area contributed by atoms with E-state index in [0.29, 0.717) is 25.2 Å². The second kappa shape index (κ2) is 6.83. The van der Waals surface area contributed by atoms with Crippen molar-refractivity contribution in [2.24, 2.45) is 7.05 Å². The van der Waals surface area contributed by atoms with Crippen LogP contribution in [-0.2, 0) is 11.8 Å². The van der Waals surface area contributed by atoms with E-state index in [2.05, 4.69) is 20.9 Å². The molecule has 3 heterocycles. The molecule has 1 fully saturated rings. The normalized spacial score (nSPS) is 20.9. The highest BCUT2D eigenvalue weighted by Crippen LogP contribution is 2.21. The average Bonchev–Trinajstić information content (AvgIpc) is 3.27. The largest absolute Gasteiger partial charge is 0.358 e. The summed E-state index contributed by atoms with van der Waals surface area (Å²) in [7, 11) is 3.48. The first kappa shape index (κ1) is 16.2. The second-order valence-corrected chi connectivity index (χ2v) is 5.96. The lowest BCUT2D eigenvalue weighted by Gasteiger charge is -2.19. The van der Waals surface area contributed by atoms with Gasteiger partial charge in [0.2, 0.25) is 5.91 Å². The van der Waals surface area contributed by atoms with E-state index in [1.165, 1.54) is 0 Å². The molecule has 1 saturated heterocycles. The standard InChI is InChI=1S/C15H21N7O2/c1-16-14(23)10-21-8-12(13(9-21)22-6-4-17-19-22)18-15(24)11-3-5-20(2)7-11/h3-7,12-13H,8-10H2,1-2H3,(H,16,23)(H,18,24)/t12-,13+/m1/s1. The van der Waals surface area contributed by atoms with E-state index in [0.717, 1.165) is 0 Å². The Morgan fingerprint density at radius 3 is 2.79 bits per heavy atom. The zero-order valence-electron chi connectivity index (χ0n) is 13.7. The van der Waals surface area contributed by atoms with E-state index in [-0.39, 0.29) is 23.9 Å². The number of nitrogens with zero attached hydrogens (tertiary/aromatic N) is 5. The fraction of sp³-hybridized carbons (Fsp3) is 0.467. The number of carbonyl (C=O) groups excluding carboxylic acids is 2. The lowest BCUT2D eigenvalue weighted by Crippen LogP contribution is -2.42. The molecule has 0 radical (unpaired) electrons. The van der Waals surface area contributed by atoms with Crippen LogP contribution in [0.4, 0.5) is 0 Å². The molecule has 0 spiro atoms. The molecule has 9 nitrogen and oxygen atoms in total. The molecule has 3 rings (SSSR count). The highest BCUT2D eigenvalue weighted by atomic mass is 16.2. The number of rotatable bonds is 5. The summed E-state index contributed by atoms with van der Waals surface area (Å²) in [6.45, 7) is 1.49. The predicted molar refractivity (Wildman–Crippen MR) is 86.2 cm³/mol. The fourth-order valence-corrected chi connectivity index (χ4v) is 2.97. The zero-order chi connectivity index (χ0) is 17.1. The van der Waals surface area contributed by atoms with Crippen LogP contribution >= 0.6 is 0 Å². The van der Waals surface area contributed by atoms with Crippen molar-refractivity contribution in [3.05, 3.63) is 36.4 Å². The number of nitrogens with one attached hydrogen (secondary N) is 2. The molecule has 0 aliphatic carbocycles. The van der Waals surface area contributed by atoms with Gasteiger partial charge in [-0.1, -0.05) is 5.21 Å².